The van der Waals surface area contributed by atoms with Crippen LogP contribution >= 0.6 is 22.7 Å². The molecule has 0 fully saturated rings. The van der Waals surface area contributed by atoms with Crippen LogP contribution in [0.25, 0.3) is 31.0 Å². The summed E-state index contributed by atoms with van der Waals surface area (Å²) in [4.78, 5) is 17.7. The summed E-state index contributed by atoms with van der Waals surface area (Å²) < 4.78 is 2.51. The predicted octanol–water partition coefficient (Wildman–Crippen LogP) is 6.35. The molecule has 3 aromatic carbocycles. The number of rotatable bonds is 1. The van der Waals surface area contributed by atoms with E-state index in [0.717, 1.165) is 23.0 Å². The van der Waals surface area contributed by atoms with Gasteiger partial charge >= 0.3 is 0 Å². The smallest absolute Gasteiger partial charge is 0.300 e. The third kappa shape index (κ3) is 5.45. The highest BCUT2D eigenvalue weighted by atomic mass is 32.1. The summed E-state index contributed by atoms with van der Waals surface area (Å²) in [5.74, 6) is -0.833. The molecule has 5 rings (SSSR count). The number of aliphatic carboxylic acids is 1. The molecule has 4 nitrogen and oxygen atoms in total. The largest absolute Gasteiger partial charge is 0.481 e. The van der Waals surface area contributed by atoms with Crippen molar-refractivity contribution >= 4 is 49.1 Å². The molecule has 5 aromatic rings. The van der Waals surface area contributed by atoms with Gasteiger partial charge in [-0.3, -0.25) is 4.79 Å². The average Bonchev–Trinajstić information content (AvgIpc) is 3.35. The van der Waals surface area contributed by atoms with Gasteiger partial charge in [0.1, 0.15) is 5.01 Å². The summed E-state index contributed by atoms with van der Waals surface area (Å²) in [6.45, 7) is 1.08. The molecule has 1 N–H and O–H groups in total. The van der Waals surface area contributed by atoms with Crippen molar-refractivity contribution in [3.05, 3.63) is 84.4 Å². The van der Waals surface area contributed by atoms with Gasteiger partial charge in [0.25, 0.3) is 5.97 Å². The number of para-hydroxylation sites is 2. The van der Waals surface area contributed by atoms with Crippen molar-refractivity contribution in [2.45, 2.75) is 6.92 Å². The number of thiazole rings is 2. The molecule has 140 valence electrons. The zero-order chi connectivity index (χ0) is 19.8. The first-order chi connectivity index (χ1) is 13.6. The highest BCUT2D eigenvalue weighted by molar-refractivity contribution is 7.21. The minimum absolute atomic E-state index is 0.833. The second-order valence-corrected chi connectivity index (χ2v) is 7.61. The molecule has 0 atom stereocenters. The van der Waals surface area contributed by atoms with Crippen molar-refractivity contribution < 1.29 is 9.90 Å². The molecule has 0 bridgehead atoms. The molecule has 28 heavy (non-hydrogen) atoms. The van der Waals surface area contributed by atoms with Crippen LogP contribution in [-0.4, -0.2) is 21.0 Å². The number of aromatic nitrogens is 2. The fourth-order valence-electron chi connectivity index (χ4n) is 2.38. The molecule has 2 heterocycles. The maximum absolute atomic E-state index is 9.00. The molecular weight excluding hydrogens is 388 g/mol. The van der Waals surface area contributed by atoms with Crippen LogP contribution in [0.3, 0.4) is 0 Å². The van der Waals surface area contributed by atoms with Gasteiger partial charge in [-0.15, -0.1) is 22.7 Å². The molecule has 2 aromatic heterocycles. The maximum atomic E-state index is 9.00. The number of hydrogen-bond donors (Lipinski definition) is 1. The second-order valence-electron chi connectivity index (χ2n) is 5.69. The minimum Gasteiger partial charge on any atom is -0.481 e. The highest BCUT2D eigenvalue weighted by Gasteiger charge is 2.03. The van der Waals surface area contributed by atoms with E-state index in [1.54, 1.807) is 22.7 Å². The van der Waals surface area contributed by atoms with E-state index in [4.69, 9.17) is 9.90 Å². The van der Waals surface area contributed by atoms with E-state index in [9.17, 15) is 0 Å². The molecular formula is C22H18N2O2S2. The third-order valence-corrected chi connectivity index (χ3v) is 5.45. The Morgan fingerprint density at radius 1 is 0.821 bits per heavy atom. The fraction of sp³-hybridized carbons (Fsp3) is 0.0455. The number of carboxylic acids is 1. The average molecular weight is 407 g/mol. The third-order valence-electron chi connectivity index (χ3n) is 3.55. The molecule has 0 aliphatic heterocycles. The van der Waals surface area contributed by atoms with Crippen molar-refractivity contribution in [1.82, 2.24) is 9.97 Å². The van der Waals surface area contributed by atoms with E-state index in [1.165, 1.54) is 15.0 Å². The van der Waals surface area contributed by atoms with E-state index in [0.29, 0.717) is 0 Å². The van der Waals surface area contributed by atoms with E-state index in [1.807, 2.05) is 48.0 Å². The van der Waals surface area contributed by atoms with Gasteiger partial charge in [-0.25, -0.2) is 9.97 Å². The van der Waals surface area contributed by atoms with Crippen LogP contribution in [0.15, 0.2) is 84.4 Å². The Balaban J connectivity index is 0.000000147. The minimum atomic E-state index is -0.833. The monoisotopic (exact) mass is 406 g/mol. The number of carbonyl (C=O) groups is 1. The van der Waals surface area contributed by atoms with Gasteiger partial charge in [-0.1, -0.05) is 54.6 Å². The number of benzene rings is 3. The summed E-state index contributed by atoms with van der Waals surface area (Å²) in [6.07, 6.45) is 0. The Hall–Kier alpha value is -3.09. The van der Waals surface area contributed by atoms with E-state index in [2.05, 4.69) is 46.4 Å². The van der Waals surface area contributed by atoms with Gasteiger partial charge in [0.2, 0.25) is 0 Å². The van der Waals surface area contributed by atoms with Crippen LogP contribution in [0.1, 0.15) is 6.92 Å². The van der Waals surface area contributed by atoms with Gasteiger partial charge in [0.05, 0.1) is 25.9 Å². The van der Waals surface area contributed by atoms with E-state index in [-0.39, 0.29) is 0 Å². The van der Waals surface area contributed by atoms with Crippen LogP contribution in [0.4, 0.5) is 0 Å². The highest BCUT2D eigenvalue weighted by Crippen LogP contribution is 2.29. The lowest BCUT2D eigenvalue weighted by molar-refractivity contribution is -0.134. The maximum Gasteiger partial charge on any atom is 0.300 e. The molecule has 0 saturated heterocycles. The van der Waals surface area contributed by atoms with Crippen molar-refractivity contribution in [1.29, 1.82) is 0 Å². The number of hydrogen-bond acceptors (Lipinski definition) is 5. The zero-order valence-corrected chi connectivity index (χ0v) is 16.8. The Morgan fingerprint density at radius 2 is 1.39 bits per heavy atom. The SMILES string of the molecule is CC(=O)O.c1ccc(-c2nc3ccccc3s2)cc1.c1ccc2scnc2c1. The lowest BCUT2D eigenvalue weighted by Gasteiger charge is -1.92. The van der Waals surface area contributed by atoms with E-state index >= 15 is 0 Å². The standard InChI is InChI=1S/C13H9NS.C7H5NS.C2H4O2/c1-2-6-10(7-3-1)13-14-11-8-4-5-9-12(11)15-13;1-2-4-7-6(3-1)8-5-9-7;1-2(3)4/h1-9H;1-5H;1H3,(H,3,4). The number of carboxylic acid groups (broad SMARTS) is 1. The Kier molecular flexibility index (Phi) is 6.84. The summed E-state index contributed by atoms with van der Waals surface area (Å²) >= 11 is 3.42. The van der Waals surface area contributed by atoms with Crippen LogP contribution in [0, 0.1) is 0 Å². The van der Waals surface area contributed by atoms with Crippen molar-refractivity contribution in [2.24, 2.45) is 0 Å². The first kappa shape index (κ1) is 19.7. The van der Waals surface area contributed by atoms with Crippen molar-refractivity contribution in [3.63, 3.8) is 0 Å². The first-order valence-electron chi connectivity index (χ1n) is 8.52. The lowest BCUT2D eigenvalue weighted by Crippen LogP contribution is -1.78. The van der Waals surface area contributed by atoms with Crippen molar-refractivity contribution in [3.8, 4) is 10.6 Å². The topological polar surface area (TPSA) is 63.1 Å². The van der Waals surface area contributed by atoms with Gasteiger partial charge in [0.15, 0.2) is 0 Å². The molecule has 0 aliphatic rings. The molecule has 0 aliphatic carbocycles. The van der Waals surface area contributed by atoms with Gasteiger partial charge in [0, 0.05) is 12.5 Å². The van der Waals surface area contributed by atoms with Crippen LogP contribution in [-0.2, 0) is 4.79 Å². The molecule has 0 unspecified atom stereocenters. The number of nitrogens with zero attached hydrogens (tertiary/aromatic N) is 2. The summed E-state index contributed by atoms with van der Waals surface area (Å²) in [6, 6.07) is 26.7. The fourth-order valence-corrected chi connectivity index (χ4v) is 4.03. The van der Waals surface area contributed by atoms with Crippen LogP contribution in [0.5, 0.6) is 0 Å². The Labute approximate surface area is 170 Å². The summed E-state index contributed by atoms with van der Waals surface area (Å²) in [5.41, 5.74) is 5.24. The van der Waals surface area contributed by atoms with E-state index < -0.39 is 5.97 Å². The zero-order valence-electron chi connectivity index (χ0n) is 15.1. The molecule has 0 saturated carbocycles. The first-order valence-corrected chi connectivity index (χ1v) is 10.2. The molecule has 0 radical (unpaired) electrons. The normalized spacial score (nSPS) is 9.89. The van der Waals surface area contributed by atoms with Gasteiger partial charge in [-0.05, 0) is 24.3 Å². The molecule has 0 spiro atoms. The van der Waals surface area contributed by atoms with Gasteiger partial charge < -0.3 is 5.11 Å². The summed E-state index contributed by atoms with van der Waals surface area (Å²) in [5, 5.41) is 8.51. The predicted molar refractivity (Wildman–Crippen MR) is 118 cm³/mol. The molecule has 0 amide bonds. The van der Waals surface area contributed by atoms with Crippen molar-refractivity contribution in [2.75, 3.05) is 0 Å². The van der Waals surface area contributed by atoms with Gasteiger partial charge in [-0.2, -0.15) is 0 Å². The van der Waals surface area contributed by atoms with Crippen LogP contribution < -0.4 is 0 Å². The molecule has 6 heteroatoms. The number of fused-ring (bicyclic) bond motifs is 2. The second kappa shape index (κ2) is 9.73. The quantitative estimate of drug-likeness (QED) is 0.352. The Morgan fingerprint density at radius 3 is 2.04 bits per heavy atom. The Bertz CT molecular complexity index is 1100. The lowest BCUT2D eigenvalue weighted by atomic mass is 10.2. The van der Waals surface area contributed by atoms with Crippen LogP contribution in [0.2, 0.25) is 0 Å². The summed E-state index contributed by atoms with van der Waals surface area (Å²) in [7, 11) is 0.